The van der Waals surface area contributed by atoms with Crippen molar-refractivity contribution in [1.29, 1.82) is 0 Å². The van der Waals surface area contributed by atoms with Gasteiger partial charge in [-0.25, -0.2) is 4.99 Å². The van der Waals surface area contributed by atoms with Gasteiger partial charge in [-0.15, -0.1) is 0 Å². The number of hydrogen-bond acceptors (Lipinski definition) is 6. The molecule has 1 aromatic carbocycles. The molecular formula is C21H24ClN3O4S. The van der Waals surface area contributed by atoms with Gasteiger partial charge >= 0.3 is 0 Å². The van der Waals surface area contributed by atoms with E-state index in [2.05, 4.69) is 18.9 Å². The van der Waals surface area contributed by atoms with Gasteiger partial charge in [-0.2, -0.15) is 0 Å². The monoisotopic (exact) mass is 449 g/mol. The van der Waals surface area contributed by atoms with Crippen molar-refractivity contribution in [3.8, 4) is 5.75 Å². The third-order valence-corrected chi connectivity index (χ3v) is 7.15. The van der Waals surface area contributed by atoms with Crippen molar-refractivity contribution in [3.63, 3.8) is 0 Å². The summed E-state index contributed by atoms with van der Waals surface area (Å²) in [4.78, 5) is 17.9. The maximum Gasteiger partial charge on any atom is 0.271 e. The summed E-state index contributed by atoms with van der Waals surface area (Å²) in [6, 6.07) is 3.87. The van der Waals surface area contributed by atoms with Crippen LogP contribution in [-0.2, 0) is 16.1 Å². The molecule has 4 heterocycles. The Balaban J connectivity index is 1.63. The number of rotatable bonds is 2. The van der Waals surface area contributed by atoms with E-state index >= 15 is 0 Å². The Labute approximate surface area is 183 Å². The third-order valence-electron chi connectivity index (χ3n) is 5.77. The SMILES string of the molecule is CC1=Nc2c(c(=O)[nH]n2C2CCOC(C)(C)C2)C(c2cc(Cl)cc3c2OCOC3)S1. The number of hydrogen-bond donors (Lipinski definition) is 1. The van der Waals surface area contributed by atoms with E-state index in [1.807, 2.05) is 23.7 Å². The molecule has 30 heavy (non-hydrogen) atoms. The summed E-state index contributed by atoms with van der Waals surface area (Å²) in [7, 11) is 0. The Morgan fingerprint density at radius 1 is 1.37 bits per heavy atom. The van der Waals surface area contributed by atoms with Gasteiger partial charge in [-0.3, -0.25) is 14.6 Å². The molecule has 2 atom stereocenters. The molecule has 1 N–H and O–H groups in total. The molecular weight excluding hydrogens is 426 g/mol. The van der Waals surface area contributed by atoms with Crippen molar-refractivity contribution in [1.82, 2.24) is 9.78 Å². The zero-order chi connectivity index (χ0) is 21.0. The first-order valence-electron chi connectivity index (χ1n) is 10.1. The molecule has 1 saturated heterocycles. The van der Waals surface area contributed by atoms with Crippen LogP contribution in [0.5, 0.6) is 5.75 Å². The standard InChI is InChI=1S/C21H24ClN3O4S/c1-11-23-19-16(20(26)24-25(19)14-4-5-29-21(2,3)8-14)18(30-11)15-7-13(22)6-12-9-27-10-28-17(12)15/h6-7,14,18H,4-5,8-10H2,1-3H3,(H,24,26). The van der Waals surface area contributed by atoms with Crippen LogP contribution in [-0.4, -0.2) is 33.8 Å². The molecule has 3 aliphatic rings. The van der Waals surface area contributed by atoms with Gasteiger partial charge in [0.25, 0.3) is 5.56 Å². The summed E-state index contributed by atoms with van der Waals surface area (Å²) in [5, 5.41) is 4.31. The largest absolute Gasteiger partial charge is 0.467 e. The van der Waals surface area contributed by atoms with Crippen LogP contribution in [0.25, 0.3) is 0 Å². The van der Waals surface area contributed by atoms with Crippen molar-refractivity contribution in [2.45, 2.75) is 57.1 Å². The second kappa shape index (κ2) is 7.44. The minimum Gasteiger partial charge on any atom is -0.467 e. The molecule has 160 valence electrons. The number of H-pyrrole nitrogens is 1. The maximum atomic E-state index is 13.1. The average Bonchev–Trinajstić information content (AvgIpc) is 3.02. The van der Waals surface area contributed by atoms with Crippen LogP contribution in [0.2, 0.25) is 5.02 Å². The Bertz CT molecular complexity index is 1090. The van der Waals surface area contributed by atoms with E-state index < -0.39 is 0 Å². The number of nitrogens with one attached hydrogen (secondary N) is 1. The topological polar surface area (TPSA) is 77.8 Å². The molecule has 2 aromatic rings. The van der Waals surface area contributed by atoms with E-state index in [1.165, 1.54) is 0 Å². The van der Waals surface area contributed by atoms with E-state index in [4.69, 9.17) is 30.8 Å². The van der Waals surface area contributed by atoms with Crippen molar-refractivity contribution in [3.05, 3.63) is 44.2 Å². The minimum absolute atomic E-state index is 0.121. The van der Waals surface area contributed by atoms with E-state index in [-0.39, 0.29) is 29.2 Å². The predicted octanol–water partition coefficient (Wildman–Crippen LogP) is 4.71. The molecule has 0 saturated carbocycles. The number of thioether (sulfide) groups is 1. The molecule has 2 unspecified atom stereocenters. The van der Waals surface area contributed by atoms with Crippen molar-refractivity contribution in [2.75, 3.05) is 13.4 Å². The lowest BCUT2D eigenvalue weighted by Gasteiger charge is -2.36. The van der Waals surface area contributed by atoms with Gasteiger partial charge < -0.3 is 14.2 Å². The Kier molecular flexibility index (Phi) is 5.01. The van der Waals surface area contributed by atoms with Crippen LogP contribution < -0.4 is 10.3 Å². The highest BCUT2D eigenvalue weighted by molar-refractivity contribution is 8.14. The molecule has 0 bridgehead atoms. The summed E-state index contributed by atoms with van der Waals surface area (Å²) in [6.45, 7) is 7.42. The smallest absolute Gasteiger partial charge is 0.271 e. The summed E-state index contributed by atoms with van der Waals surface area (Å²) in [5.41, 5.74) is 2.07. The zero-order valence-electron chi connectivity index (χ0n) is 17.2. The number of aromatic amines is 1. The summed E-state index contributed by atoms with van der Waals surface area (Å²) >= 11 is 7.96. The number of aromatic nitrogens is 2. The number of halogens is 1. The molecule has 0 amide bonds. The van der Waals surface area contributed by atoms with Crippen LogP contribution in [0.15, 0.2) is 21.9 Å². The van der Waals surface area contributed by atoms with Crippen molar-refractivity contribution in [2.24, 2.45) is 4.99 Å². The fourth-order valence-corrected chi connectivity index (χ4v) is 5.88. The van der Waals surface area contributed by atoms with Gasteiger partial charge in [0.15, 0.2) is 12.6 Å². The van der Waals surface area contributed by atoms with Crippen LogP contribution in [0.3, 0.4) is 0 Å². The number of benzene rings is 1. The van der Waals surface area contributed by atoms with E-state index in [0.717, 1.165) is 34.8 Å². The van der Waals surface area contributed by atoms with Gasteiger partial charge in [0.05, 0.1) is 34.1 Å². The molecule has 7 nitrogen and oxygen atoms in total. The normalized spacial score (nSPS) is 25.1. The maximum absolute atomic E-state index is 13.1. The van der Waals surface area contributed by atoms with Crippen LogP contribution in [0.4, 0.5) is 5.82 Å². The first kappa shape index (κ1) is 20.2. The number of aliphatic imine (C=N–C) groups is 1. The van der Waals surface area contributed by atoms with Crippen LogP contribution in [0.1, 0.15) is 61.6 Å². The van der Waals surface area contributed by atoms with E-state index in [9.17, 15) is 4.79 Å². The highest BCUT2D eigenvalue weighted by atomic mass is 35.5. The first-order chi connectivity index (χ1) is 14.3. The van der Waals surface area contributed by atoms with Gasteiger partial charge in [-0.05, 0) is 45.7 Å². The number of ether oxygens (including phenoxy) is 3. The number of nitrogens with zero attached hydrogens (tertiary/aromatic N) is 2. The predicted molar refractivity (Wildman–Crippen MR) is 117 cm³/mol. The fraction of sp³-hybridized carbons (Fsp3) is 0.524. The van der Waals surface area contributed by atoms with E-state index in [1.54, 1.807) is 11.8 Å². The lowest BCUT2D eigenvalue weighted by Crippen LogP contribution is -2.35. The summed E-state index contributed by atoms with van der Waals surface area (Å²) < 4.78 is 19.1. The molecule has 3 aliphatic heterocycles. The van der Waals surface area contributed by atoms with Crippen LogP contribution >= 0.6 is 23.4 Å². The zero-order valence-corrected chi connectivity index (χ0v) is 18.7. The summed E-state index contributed by atoms with van der Waals surface area (Å²) in [6.07, 6.45) is 1.64. The Morgan fingerprint density at radius 3 is 3.00 bits per heavy atom. The second-order valence-corrected chi connectivity index (χ2v) is 10.3. The average molecular weight is 450 g/mol. The van der Waals surface area contributed by atoms with Crippen molar-refractivity contribution >= 4 is 34.2 Å². The van der Waals surface area contributed by atoms with Gasteiger partial charge in [0, 0.05) is 22.8 Å². The Hall–Kier alpha value is -1.74. The molecule has 0 radical (unpaired) electrons. The minimum atomic E-state index is -0.249. The fourth-order valence-electron chi connectivity index (χ4n) is 4.52. The van der Waals surface area contributed by atoms with Gasteiger partial charge in [-0.1, -0.05) is 23.4 Å². The van der Waals surface area contributed by atoms with Gasteiger partial charge in [0.2, 0.25) is 0 Å². The van der Waals surface area contributed by atoms with Gasteiger partial charge in [0.1, 0.15) is 5.75 Å². The first-order valence-corrected chi connectivity index (χ1v) is 11.3. The highest BCUT2D eigenvalue weighted by Gasteiger charge is 2.37. The molecule has 1 aromatic heterocycles. The molecule has 0 aliphatic carbocycles. The molecule has 0 spiro atoms. The third kappa shape index (κ3) is 3.49. The Morgan fingerprint density at radius 2 is 2.20 bits per heavy atom. The quantitative estimate of drug-likeness (QED) is 0.718. The highest BCUT2D eigenvalue weighted by Crippen LogP contribution is 2.49. The van der Waals surface area contributed by atoms with Crippen LogP contribution in [0, 0.1) is 0 Å². The molecule has 9 heteroatoms. The van der Waals surface area contributed by atoms with Crippen molar-refractivity contribution < 1.29 is 14.2 Å². The number of fused-ring (bicyclic) bond motifs is 2. The molecule has 1 fully saturated rings. The molecule has 5 rings (SSSR count). The second-order valence-electron chi connectivity index (χ2n) is 8.53. The lowest BCUT2D eigenvalue weighted by molar-refractivity contribution is -0.0705. The summed E-state index contributed by atoms with van der Waals surface area (Å²) in [5.74, 6) is 1.45. The lowest BCUT2D eigenvalue weighted by atomic mass is 9.94. The van der Waals surface area contributed by atoms with E-state index in [0.29, 0.717) is 29.6 Å².